The van der Waals surface area contributed by atoms with Crippen LogP contribution in [0.25, 0.3) is 6.08 Å². The number of nitrogens with zero attached hydrogens (tertiary/aromatic N) is 1. The van der Waals surface area contributed by atoms with Crippen LogP contribution in [-0.4, -0.2) is 27.6 Å². The molecule has 0 aliphatic carbocycles. The highest BCUT2D eigenvalue weighted by atomic mass is 32.2. The second kappa shape index (κ2) is 7.08. The molecule has 1 aromatic carbocycles. The molecule has 1 fully saturated rings. The number of rotatable bonds is 4. The van der Waals surface area contributed by atoms with Gasteiger partial charge in [-0.3, -0.25) is 14.5 Å². The zero-order chi connectivity index (χ0) is 16.2. The van der Waals surface area contributed by atoms with Crippen molar-refractivity contribution in [3.8, 4) is 0 Å². The molecule has 0 spiro atoms. The number of benzene rings is 1. The Balaban J connectivity index is 1.67. The topological polar surface area (TPSA) is 49.4 Å². The smallest absolute Gasteiger partial charge is 0.266 e. The van der Waals surface area contributed by atoms with Crippen LogP contribution in [0.2, 0.25) is 0 Å². The summed E-state index contributed by atoms with van der Waals surface area (Å²) in [5, 5.41) is 4.70. The third-order valence-corrected chi connectivity index (χ3v) is 5.25. The Bertz CT molecular complexity index is 770. The van der Waals surface area contributed by atoms with Crippen LogP contribution in [0.15, 0.2) is 52.7 Å². The van der Waals surface area contributed by atoms with Gasteiger partial charge in [-0.2, -0.15) is 0 Å². The van der Waals surface area contributed by atoms with Gasteiger partial charge in [-0.15, -0.1) is 11.3 Å². The molecule has 23 heavy (non-hydrogen) atoms. The van der Waals surface area contributed by atoms with Gasteiger partial charge in [0, 0.05) is 10.6 Å². The van der Waals surface area contributed by atoms with Crippen LogP contribution in [0, 0.1) is 0 Å². The van der Waals surface area contributed by atoms with Gasteiger partial charge in [0.1, 0.15) is 10.9 Å². The summed E-state index contributed by atoms with van der Waals surface area (Å²) in [6.45, 7) is -0.0820. The molecule has 0 atom stereocenters. The molecule has 116 valence electrons. The maximum Gasteiger partial charge on any atom is 0.266 e. The maximum absolute atomic E-state index is 12.4. The van der Waals surface area contributed by atoms with E-state index in [0.717, 1.165) is 4.88 Å². The third-order valence-electron chi connectivity index (χ3n) is 3.05. The Morgan fingerprint density at radius 3 is 2.70 bits per heavy atom. The fraction of sp³-hybridized carbons (Fsp3) is 0.0625. The average molecular weight is 360 g/mol. The molecule has 2 heterocycles. The van der Waals surface area contributed by atoms with Crippen molar-refractivity contribution in [2.45, 2.75) is 0 Å². The first-order valence-electron chi connectivity index (χ1n) is 6.77. The molecule has 4 nitrogen and oxygen atoms in total. The Kier molecular flexibility index (Phi) is 4.90. The molecule has 1 aromatic heterocycles. The summed E-state index contributed by atoms with van der Waals surface area (Å²) in [5.41, 5.74) is 0.692. The summed E-state index contributed by atoms with van der Waals surface area (Å²) in [7, 11) is 0. The van der Waals surface area contributed by atoms with E-state index in [2.05, 4.69) is 5.32 Å². The Hall–Kier alpha value is -1.96. The SMILES string of the molecule is O=C(CN1C(=O)/C(=C\c2cccs2)SC1=S)Nc1ccccc1. The van der Waals surface area contributed by atoms with Gasteiger partial charge in [0.15, 0.2) is 0 Å². The minimum atomic E-state index is -0.273. The Morgan fingerprint density at radius 1 is 1.22 bits per heavy atom. The van der Waals surface area contributed by atoms with Crippen molar-refractivity contribution in [1.82, 2.24) is 4.90 Å². The summed E-state index contributed by atoms with van der Waals surface area (Å²) in [6.07, 6.45) is 1.80. The molecule has 3 rings (SSSR count). The van der Waals surface area contributed by atoms with E-state index in [1.807, 2.05) is 35.7 Å². The summed E-state index contributed by atoms with van der Waals surface area (Å²) >= 11 is 7.99. The maximum atomic E-state index is 12.4. The number of hydrogen-bond acceptors (Lipinski definition) is 5. The molecule has 1 aliphatic heterocycles. The number of nitrogens with one attached hydrogen (secondary N) is 1. The number of para-hydroxylation sites is 1. The Labute approximate surface area is 147 Å². The summed E-state index contributed by atoms with van der Waals surface area (Å²) in [5.74, 6) is -0.499. The minimum Gasteiger partial charge on any atom is -0.325 e. The molecule has 1 N–H and O–H groups in total. The monoisotopic (exact) mass is 360 g/mol. The highest BCUT2D eigenvalue weighted by Crippen LogP contribution is 2.33. The van der Waals surface area contributed by atoms with Gasteiger partial charge in [-0.05, 0) is 29.7 Å². The highest BCUT2D eigenvalue weighted by molar-refractivity contribution is 8.26. The molecule has 1 aliphatic rings. The lowest BCUT2D eigenvalue weighted by Gasteiger charge is -2.14. The van der Waals surface area contributed by atoms with E-state index >= 15 is 0 Å². The lowest BCUT2D eigenvalue weighted by Crippen LogP contribution is -2.36. The number of amides is 2. The second-order valence-electron chi connectivity index (χ2n) is 4.70. The highest BCUT2D eigenvalue weighted by Gasteiger charge is 2.33. The summed E-state index contributed by atoms with van der Waals surface area (Å²) in [4.78, 5) is 27.4. The zero-order valence-corrected chi connectivity index (χ0v) is 14.3. The van der Waals surface area contributed by atoms with Crippen LogP contribution in [-0.2, 0) is 9.59 Å². The molecule has 0 unspecified atom stereocenters. The number of thiocarbonyl (C=S) groups is 1. The van der Waals surface area contributed by atoms with E-state index in [0.29, 0.717) is 14.9 Å². The molecule has 7 heteroatoms. The predicted molar refractivity (Wildman–Crippen MR) is 99.3 cm³/mol. The van der Waals surface area contributed by atoms with Gasteiger partial charge in [-0.25, -0.2) is 0 Å². The molecule has 1 saturated heterocycles. The molecular weight excluding hydrogens is 348 g/mol. The molecule has 2 amide bonds. The fourth-order valence-electron chi connectivity index (χ4n) is 2.00. The van der Waals surface area contributed by atoms with Crippen molar-refractivity contribution in [2.24, 2.45) is 0 Å². The van der Waals surface area contributed by atoms with Crippen molar-refractivity contribution in [3.63, 3.8) is 0 Å². The van der Waals surface area contributed by atoms with Gasteiger partial charge in [0.05, 0.1) is 4.91 Å². The number of hydrogen-bond donors (Lipinski definition) is 1. The number of carbonyl (C=O) groups is 2. The second-order valence-corrected chi connectivity index (χ2v) is 7.35. The molecule has 0 bridgehead atoms. The van der Waals surface area contributed by atoms with Crippen molar-refractivity contribution < 1.29 is 9.59 Å². The van der Waals surface area contributed by atoms with Gasteiger partial charge >= 0.3 is 0 Å². The van der Waals surface area contributed by atoms with Crippen LogP contribution in [0.3, 0.4) is 0 Å². The van der Waals surface area contributed by atoms with Gasteiger partial charge in [0.2, 0.25) is 5.91 Å². The first-order chi connectivity index (χ1) is 11.1. The standard InChI is InChI=1S/C16H12N2O2S3/c19-14(17-11-5-2-1-3-6-11)10-18-15(20)13(23-16(18)21)9-12-7-4-8-22-12/h1-9H,10H2,(H,17,19)/b13-9+. The molecule has 0 radical (unpaired) electrons. The van der Waals surface area contributed by atoms with E-state index < -0.39 is 0 Å². The van der Waals surface area contributed by atoms with E-state index in [4.69, 9.17) is 12.2 Å². The van der Waals surface area contributed by atoms with E-state index in [-0.39, 0.29) is 18.4 Å². The van der Waals surface area contributed by atoms with Crippen molar-refractivity contribution >= 4 is 63.2 Å². The largest absolute Gasteiger partial charge is 0.325 e. The number of carbonyl (C=O) groups excluding carboxylic acids is 2. The van der Waals surface area contributed by atoms with E-state index in [1.165, 1.54) is 16.7 Å². The average Bonchev–Trinajstić information content (AvgIpc) is 3.13. The normalized spacial score (nSPS) is 16.2. The summed E-state index contributed by atoms with van der Waals surface area (Å²) < 4.78 is 0.404. The summed E-state index contributed by atoms with van der Waals surface area (Å²) in [6, 6.07) is 13.0. The minimum absolute atomic E-state index is 0.0820. The molecule has 0 saturated carbocycles. The van der Waals surface area contributed by atoms with Gasteiger partial charge < -0.3 is 5.32 Å². The van der Waals surface area contributed by atoms with Crippen molar-refractivity contribution in [2.75, 3.05) is 11.9 Å². The fourth-order valence-corrected chi connectivity index (χ4v) is 3.98. The van der Waals surface area contributed by atoms with Crippen LogP contribution in [0.5, 0.6) is 0 Å². The van der Waals surface area contributed by atoms with Crippen LogP contribution in [0.4, 0.5) is 5.69 Å². The van der Waals surface area contributed by atoms with E-state index in [1.54, 1.807) is 29.5 Å². The van der Waals surface area contributed by atoms with Crippen molar-refractivity contribution in [3.05, 3.63) is 57.6 Å². The van der Waals surface area contributed by atoms with Crippen LogP contribution >= 0.6 is 35.3 Å². The predicted octanol–water partition coefficient (Wildman–Crippen LogP) is 3.59. The number of thioether (sulfide) groups is 1. The van der Waals surface area contributed by atoms with Gasteiger partial charge in [0.25, 0.3) is 5.91 Å². The third kappa shape index (κ3) is 3.87. The zero-order valence-electron chi connectivity index (χ0n) is 11.9. The van der Waals surface area contributed by atoms with Crippen LogP contribution in [0.1, 0.15) is 4.88 Å². The van der Waals surface area contributed by atoms with Crippen LogP contribution < -0.4 is 5.32 Å². The lowest BCUT2D eigenvalue weighted by molar-refractivity contribution is -0.126. The Morgan fingerprint density at radius 2 is 2.00 bits per heavy atom. The first kappa shape index (κ1) is 15.9. The molecule has 2 aromatic rings. The number of anilines is 1. The molecular formula is C16H12N2O2S3. The van der Waals surface area contributed by atoms with Crippen molar-refractivity contribution in [1.29, 1.82) is 0 Å². The number of thiophene rings is 1. The van der Waals surface area contributed by atoms with Gasteiger partial charge in [-0.1, -0.05) is 48.2 Å². The first-order valence-corrected chi connectivity index (χ1v) is 8.88. The lowest BCUT2D eigenvalue weighted by atomic mass is 10.3. The quantitative estimate of drug-likeness (QED) is 0.669. The van der Waals surface area contributed by atoms with E-state index in [9.17, 15) is 9.59 Å².